The summed E-state index contributed by atoms with van der Waals surface area (Å²) in [4.78, 5) is 25.9. The van der Waals surface area contributed by atoms with E-state index in [0.717, 1.165) is 4.90 Å². The molecule has 1 aliphatic heterocycles. The highest BCUT2D eigenvalue weighted by Crippen LogP contribution is 2.16. The Morgan fingerprint density at radius 1 is 1.40 bits per heavy atom. The number of β-amino-alcohol motifs (C(OH)–C–C–N with tert-alkyl or cyclic N) is 1. The summed E-state index contributed by atoms with van der Waals surface area (Å²) in [6.07, 6.45) is 0. The number of nitrogens with zero attached hydrogens (tertiary/aromatic N) is 2. The van der Waals surface area contributed by atoms with Gasteiger partial charge >= 0.3 is 6.03 Å². The molecule has 0 unspecified atom stereocenters. The van der Waals surface area contributed by atoms with Gasteiger partial charge in [0.1, 0.15) is 6.54 Å². The van der Waals surface area contributed by atoms with Crippen molar-refractivity contribution in [2.45, 2.75) is 39.3 Å². The van der Waals surface area contributed by atoms with Gasteiger partial charge in [-0.2, -0.15) is 0 Å². The van der Waals surface area contributed by atoms with E-state index in [1.165, 1.54) is 4.90 Å². The van der Waals surface area contributed by atoms with Crippen LogP contribution < -0.4 is 0 Å². The standard InChI is InChI=1S/C10H18N2O3/c1-7(2)11-5-8(13)12(9(11)14)6-10(3,4)15/h7,15H,5-6H2,1-4H3. The Labute approximate surface area is 89.7 Å². The summed E-state index contributed by atoms with van der Waals surface area (Å²) in [6, 6.07) is -0.301. The minimum absolute atomic E-state index is 0.00764. The second-order valence-corrected chi connectivity index (χ2v) is 4.80. The number of hydrogen-bond acceptors (Lipinski definition) is 3. The summed E-state index contributed by atoms with van der Waals surface area (Å²) < 4.78 is 0. The van der Waals surface area contributed by atoms with Gasteiger partial charge in [-0.1, -0.05) is 0 Å². The molecule has 1 rings (SSSR count). The van der Waals surface area contributed by atoms with Crippen LogP contribution in [0.15, 0.2) is 0 Å². The van der Waals surface area contributed by atoms with E-state index < -0.39 is 5.60 Å². The number of rotatable bonds is 3. The van der Waals surface area contributed by atoms with E-state index in [1.807, 2.05) is 13.8 Å². The Bertz CT molecular complexity index is 281. The molecule has 0 aromatic rings. The van der Waals surface area contributed by atoms with Crippen molar-refractivity contribution in [2.75, 3.05) is 13.1 Å². The summed E-state index contributed by atoms with van der Waals surface area (Å²) in [5, 5.41) is 9.57. The maximum absolute atomic E-state index is 11.8. The second kappa shape index (κ2) is 3.81. The average molecular weight is 214 g/mol. The fourth-order valence-corrected chi connectivity index (χ4v) is 1.51. The molecule has 15 heavy (non-hydrogen) atoms. The highest BCUT2D eigenvalue weighted by Gasteiger charge is 2.39. The van der Waals surface area contributed by atoms with Crippen LogP contribution in [0.4, 0.5) is 4.79 Å². The first-order chi connectivity index (χ1) is 6.72. The highest BCUT2D eigenvalue weighted by atomic mass is 16.3. The lowest BCUT2D eigenvalue weighted by molar-refractivity contribution is -0.127. The van der Waals surface area contributed by atoms with Gasteiger partial charge in [-0.05, 0) is 27.7 Å². The van der Waals surface area contributed by atoms with Crippen LogP contribution in [0.1, 0.15) is 27.7 Å². The number of carbonyl (C=O) groups excluding carboxylic acids is 2. The maximum Gasteiger partial charge on any atom is 0.327 e. The quantitative estimate of drug-likeness (QED) is 0.693. The third-order valence-electron chi connectivity index (χ3n) is 2.25. The highest BCUT2D eigenvalue weighted by molar-refractivity contribution is 6.02. The lowest BCUT2D eigenvalue weighted by atomic mass is 10.1. The van der Waals surface area contributed by atoms with E-state index in [1.54, 1.807) is 13.8 Å². The first-order valence-electron chi connectivity index (χ1n) is 5.06. The van der Waals surface area contributed by atoms with Crippen molar-refractivity contribution in [3.8, 4) is 0 Å². The van der Waals surface area contributed by atoms with E-state index in [4.69, 9.17) is 0 Å². The van der Waals surface area contributed by atoms with Crippen LogP contribution in [0, 0.1) is 0 Å². The molecule has 0 aromatic carbocycles. The van der Waals surface area contributed by atoms with Gasteiger partial charge in [0.05, 0.1) is 12.1 Å². The molecule has 5 heteroatoms. The van der Waals surface area contributed by atoms with Gasteiger partial charge < -0.3 is 10.0 Å². The normalized spacial score (nSPS) is 18.3. The van der Waals surface area contributed by atoms with E-state index in [2.05, 4.69) is 0 Å². The van der Waals surface area contributed by atoms with Gasteiger partial charge in [-0.25, -0.2) is 4.79 Å². The molecule has 3 amide bonds. The van der Waals surface area contributed by atoms with E-state index >= 15 is 0 Å². The van der Waals surface area contributed by atoms with Gasteiger partial charge in [0.2, 0.25) is 5.91 Å². The number of amides is 3. The Hall–Kier alpha value is -1.10. The molecule has 0 spiro atoms. The van der Waals surface area contributed by atoms with Crippen LogP contribution in [-0.4, -0.2) is 51.6 Å². The van der Waals surface area contributed by atoms with Gasteiger partial charge in [0.25, 0.3) is 0 Å². The summed E-state index contributed by atoms with van der Waals surface area (Å²) in [7, 11) is 0. The summed E-state index contributed by atoms with van der Waals surface area (Å²) in [5.74, 6) is -0.240. The van der Waals surface area contributed by atoms with Crippen molar-refractivity contribution in [2.24, 2.45) is 0 Å². The second-order valence-electron chi connectivity index (χ2n) is 4.80. The van der Waals surface area contributed by atoms with Gasteiger partial charge in [-0.15, -0.1) is 0 Å². The van der Waals surface area contributed by atoms with E-state index in [0.29, 0.717) is 0 Å². The molecule has 0 radical (unpaired) electrons. The minimum Gasteiger partial charge on any atom is -0.389 e. The minimum atomic E-state index is -1.04. The lowest BCUT2D eigenvalue weighted by Crippen LogP contribution is -2.43. The molecule has 86 valence electrons. The van der Waals surface area contributed by atoms with Crippen molar-refractivity contribution < 1.29 is 14.7 Å². The number of aliphatic hydroxyl groups is 1. The van der Waals surface area contributed by atoms with Gasteiger partial charge in [0, 0.05) is 6.04 Å². The first-order valence-corrected chi connectivity index (χ1v) is 5.06. The third-order valence-corrected chi connectivity index (χ3v) is 2.25. The van der Waals surface area contributed by atoms with Crippen molar-refractivity contribution >= 4 is 11.9 Å². The molecule has 0 atom stereocenters. The molecule has 1 N–H and O–H groups in total. The third kappa shape index (κ3) is 2.68. The zero-order chi connectivity index (χ0) is 11.8. The predicted molar refractivity (Wildman–Crippen MR) is 55.2 cm³/mol. The Kier molecular flexibility index (Phi) is 3.04. The molecule has 1 aliphatic rings. The fraction of sp³-hybridized carbons (Fsp3) is 0.800. The Balaban J connectivity index is 2.76. The van der Waals surface area contributed by atoms with Crippen LogP contribution in [0.3, 0.4) is 0 Å². The average Bonchev–Trinajstić information content (AvgIpc) is 2.29. The molecule has 0 saturated carbocycles. The number of carbonyl (C=O) groups is 2. The van der Waals surface area contributed by atoms with Crippen molar-refractivity contribution in [3.63, 3.8) is 0 Å². The number of hydrogen-bond donors (Lipinski definition) is 1. The van der Waals surface area contributed by atoms with Crippen LogP contribution in [0.2, 0.25) is 0 Å². The molecule has 0 bridgehead atoms. The summed E-state index contributed by atoms with van der Waals surface area (Å²) in [5.41, 5.74) is -1.04. The maximum atomic E-state index is 11.8. The van der Waals surface area contributed by atoms with Crippen molar-refractivity contribution in [3.05, 3.63) is 0 Å². The van der Waals surface area contributed by atoms with E-state index in [-0.39, 0.29) is 31.1 Å². The molecule has 5 nitrogen and oxygen atoms in total. The molecular weight excluding hydrogens is 196 g/mol. The van der Waals surface area contributed by atoms with Crippen molar-refractivity contribution in [1.29, 1.82) is 0 Å². The fourth-order valence-electron chi connectivity index (χ4n) is 1.51. The smallest absolute Gasteiger partial charge is 0.327 e. The molecule has 1 fully saturated rings. The first kappa shape index (κ1) is 12.0. The molecule has 1 saturated heterocycles. The monoisotopic (exact) mass is 214 g/mol. The van der Waals surface area contributed by atoms with Crippen LogP contribution >= 0.6 is 0 Å². The zero-order valence-corrected chi connectivity index (χ0v) is 9.65. The van der Waals surface area contributed by atoms with E-state index in [9.17, 15) is 14.7 Å². The topological polar surface area (TPSA) is 60.9 Å². The molecule has 1 heterocycles. The molecular formula is C10H18N2O3. The number of urea groups is 1. The van der Waals surface area contributed by atoms with Crippen LogP contribution in [0.5, 0.6) is 0 Å². The SMILES string of the molecule is CC(C)N1CC(=O)N(CC(C)(C)O)C1=O. The zero-order valence-electron chi connectivity index (χ0n) is 9.65. The van der Waals surface area contributed by atoms with Crippen molar-refractivity contribution in [1.82, 2.24) is 9.80 Å². The van der Waals surface area contributed by atoms with Crippen LogP contribution in [-0.2, 0) is 4.79 Å². The van der Waals surface area contributed by atoms with Gasteiger partial charge in [0.15, 0.2) is 0 Å². The number of imide groups is 1. The van der Waals surface area contributed by atoms with Crippen LogP contribution in [0.25, 0.3) is 0 Å². The Morgan fingerprint density at radius 3 is 2.27 bits per heavy atom. The summed E-state index contributed by atoms with van der Waals surface area (Å²) in [6.45, 7) is 7.04. The lowest BCUT2D eigenvalue weighted by Gasteiger charge is -2.25. The van der Waals surface area contributed by atoms with Gasteiger partial charge in [-0.3, -0.25) is 9.69 Å². The molecule has 0 aromatic heterocycles. The summed E-state index contributed by atoms with van der Waals surface area (Å²) >= 11 is 0. The largest absolute Gasteiger partial charge is 0.389 e. The predicted octanol–water partition coefficient (Wildman–Crippen LogP) is 0.430. The molecule has 0 aliphatic carbocycles. The Morgan fingerprint density at radius 2 is 1.93 bits per heavy atom.